The van der Waals surface area contributed by atoms with Gasteiger partial charge in [0, 0.05) is 6.04 Å². The molecule has 0 aromatic heterocycles. The van der Waals surface area contributed by atoms with Crippen LogP contribution in [0.3, 0.4) is 0 Å². The molecule has 106 valence electrons. The van der Waals surface area contributed by atoms with Gasteiger partial charge in [0.1, 0.15) is 0 Å². The van der Waals surface area contributed by atoms with E-state index in [9.17, 15) is 0 Å². The average molecular weight is 260 g/mol. The van der Waals surface area contributed by atoms with Crippen molar-refractivity contribution in [3.8, 4) is 0 Å². The molecule has 2 rings (SSSR count). The van der Waals surface area contributed by atoms with Crippen molar-refractivity contribution < 1.29 is 0 Å². The van der Waals surface area contributed by atoms with Crippen LogP contribution in [0.4, 0.5) is 0 Å². The van der Waals surface area contributed by atoms with Crippen LogP contribution in [0.5, 0.6) is 0 Å². The maximum atomic E-state index is 6.29. The third-order valence-corrected chi connectivity index (χ3v) is 4.55. The zero-order valence-corrected chi connectivity index (χ0v) is 12.4. The molecule has 1 aromatic carbocycles. The van der Waals surface area contributed by atoms with Gasteiger partial charge in [0.25, 0.3) is 0 Å². The third-order valence-electron chi connectivity index (χ3n) is 4.55. The molecule has 1 aromatic rings. The van der Waals surface area contributed by atoms with Gasteiger partial charge in [-0.1, -0.05) is 43.2 Å². The lowest BCUT2D eigenvalue weighted by atomic mass is 9.94. The first-order chi connectivity index (χ1) is 9.19. The molecule has 0 aliphatic carbocycles. The Morgan fingerprint density at radius 1 is 1.21 bits per heavy atom. The molecular weight excluding hydrogens is 232 g/mol. The van der Waals surface area contributed by atoms with E-state index in [4.69, 9.17) is 5.73 Å². The van der Waals surface area contributed by atoms with E-state index in [1.807, 2.05) is 0 Å². The van der Waals surface area contributed by atoms with Gasteiger partial charge in [0.15, 0.2) is 0 Å². The summed E-state index contributed by atoms with van der Waals surface area (Å²) in [5.41, 5.74) is 8.86. The first-order valence-corrected chi connectivity index (χ1v) is 7.73. The maximum Gasteiger partial charge on any atom is 0.0307 e. The topological polar surface area (TPSA) is 29.3 Å². The minimum atomic E-state index is 0.185. The van der Waals surface area contributed by atoms with Crippen molar-refractivity contribution in [2.24, 2.45) is 11.7 Å². The van der Waals surface area contributed by atoms with E-state index in [2.05, 4.69) is 43.0 Å². The molecule has 0 radical (unpaired) electrons. The van der Waals surface area contributed by atoms with E-state index in [0.29, 0.717) is 0 Å². The van der Waals surface area contributed by atoms with Crippen molar-refractivity contribution in [1.82, 2.24) is 4.90 Å². The first kappa shape index (κ1) is 14.5. The zero-order chi connectivity index (χ0) is 13.7. The Hall–Kier alpha value is -0.860. The molecule has 1 atom stereocenters. The second-order valence-electron chi connectivity index (χ2n) is 6.00. The second kappa shape index (κ2) is 7.06. The summed E-state index contributed by atoms with van der Waals surface area (Å²) in [4.78, 5) is 2.58. The molecule has 0 amide bonds. The average Bonchev–Trinajstić information content (AvgIpc) is 2.46. The molecule has 0 spiro atoms. The number of nitrogens with two attached hydrogens (primary N) is 1. The zero-order valence-electron chi connectivity index (χ0n) is 12.4. The Bertz CT molecular complexity index is 363. The summed E-state index contributed by atoms with van der Waals surface area (Å²) in [6.45, 7) is 8.10. The van der Waals surface area contributed by atoms with E-state index in [0.717, 1.165) is 18.9 Å². The summed E-state index contributed by atoms with van der Waals surface area (Å²) < 4.78 is 0. The monoisotopic (exact) mass is 260 g/mol. The van der Waals surface area contributed by atoms with Crippen LogP contribution in [0, 0.1) is 12.8 Å². The summed E-state index contributed by atoms with van der Waals surface area (Å²) in [5.74, 6) is 0.960. The van der Waals surface area contributed by atoms with Crippen LogP contribution in [0.25, 0.3) is 0 Å². The fourth-order valence-corrected chi connectivity index (χ4v) is 2.92. The maximum absolute atomic E-state index is 6.29. The Morgan fingerprint density at radius 3 is 2.42 bits per heavy atom. The van der Waals surface area contributed by atoms with Gasteiger partial charge in [-0.15, -0.1) is 0 Å². The third kappa shape index (κ3) is 4.32. The summed E-state index contributed by atoms with van der Waals surface area (Å²) in [6, 6.07) is 8.83. The van der Waals surface area contributed by atoms with Crippen molar-refractivity contribution >= 4 is 0 Å². The lowest BCUT2D eigenvalue weighted by Gasteiger charge is -2.32. The molecule has 2 heteroatoms. The van der Waals surface area contributed by atoms with Gasteiger partial charge in [-0.2, -0.15) is 0 Å². The lowest BCUT2D eigenvalue weighted by molar-refractivity contribution is 0.177. The quantitative estimate of drug-likeness (QED) is 0.878. The van der Waals surface area contributed by atoms with Crippen LogP contribution in [-0.4, -0.2) is 24.5 Å². The van der Waals surface area contributed by atoms with Gasteiger partial charge < -0.3 is 10.6 Å². The molecule has 2 nitrogen and oxygen atoms in total. The number of hydrogen-bond donors (Lipinski definition) is 1. The standard InChI is InChI=1S/C17H28N2/c1-3-15-8-11-19(12-9-15)13-10-17(18)16-6-4-14(2)5-7-16/h4-7,15,17H,3,8-13,18H2,1-2H3. The molecule has 2 N–H and O–H groups in total. The van der Waals surface area contributed by atoms with Gasteiger partial charge >= 0.3 is 0 Å². The molecule has 0 bridgehead atoms. The Balaban J connectivity index is 1.75. The summed E-state index contributed by atoms with van der Waals surface area (Å²) in [5, 5.41) is 0. The largest absolute Gasteiger partial charge is 0.324 e. The molecule has 1 aliphatic rings. The van der Waals surface area contributed by atoms with E-state index in [1.54, 1.807) is 0 Å². The van der Waals surface area contributed by atoms with Crippen LogP contribution in [0.15, 0.2) is 24.3 Å². The van der Waals surface area contributed by atoms with Crippen LogP contribution >= 0.6 is 0 Å². The van der Waals surface area contributed by atoms with Crippen LogP contribution in [-0.2, 0) is 0 Å². The molecule has 1 heterocycles. The molecular formula is C17H28N2. The van der Waals surface area contributed by atoms with Gasteiger partial charge in [-0.3, -0.25) is 0 Å². The fraction of sp³-hybridized carbons (Fsp3) is 0.647. The van der Waals surface area contributed by atoms with Gasteiger partial charge in [0.05, 0.1) is 0 Å². The predicted octanol–water partition coefficient (Wildman–Crippen LogP) is 3.51. The number of hydrogen-bond acceptors (Lipinski definition) is 2. The van der Waals surface area contributed by atoms with Gasteiger partial charge in [-0.05, 0) is 57.3 Å². The van der Waals surface area contributed by atoms with Crippen molar-refractivity contribution in [3.63, 3.8) is 0 Å². The number of rotatable bonds is 5. The first-order valence-electron chi connectivity index (χ1n) is 7.73. The Kier molecular flexibility index (Phi) is 5.41. The highest BCUT2D eigenvalue weighted by molar-refractivity contribution is 5.23. The molecule has 1 fully saturated rings. The molecule has 1 aliphatic heterocycles. The SMILES string of the molecule is CCC1CCN(CCC(N)c2ccc(C)cc2)CC1. The van der Waals surface area contributed by atoms with Gasteiger partial charge in [0.2, 0.25) is 0 Å². The highest BCUT2D eigenvalue weighted by atomic mass is 15.1. The molecule has 0 saturated carbocycles. The minimum absolute atomic E-state index is 0.185. The minimum Gasteiger partial charge on any atom is -0.324 e. The Labute approximate surface area is 118 Å². The number of aryl methyl sites for hydroxylation is 1. The summed E-state index contributed by atoms with van der Waals surface area (Å²) >= 11 is 0. The van der Waals surface area contributed by atoms with Crippen molar-refractivity contribution in [2.45, 2.75) is 45.6 Å². The van der Waals surface area contributed by atoms with E-state index < -0.39 is 0 Å². The van der Waals surface area contributed by atoms with Gasteiger partial charge in [-0.25, -0.2) is 0 Å². The fourth-order valence-electron chi connectivity index (χ4n) is 2.92. The van der Waals surface area contributed by atoms with Crippen molar-refractivity contribution in [1.29, 1.82) is 0 Å². The summed E-state index contributed by atoms with van der Waals surface area (Å²) in [7, 11) is 0. The van der Waals surface area contributed by atoms with E-state index in [-0.39, 0.29) is 6.04 Å². The normalized spacial score (nSPS) is 19.5. The Morgan fingerprint density at radius 2 is 1.84 bits per heavy atom. The molecule has 1 unspecified atom stereocenters. The summed E-state index contributed by atoms with van der Waals surface area (Å²) in [6.07, 6.45) is 5.16. The molecule has 19 heavy (non-hydrogen) atoms. The van der Waals surface area contributed by atoms with Crippen molar-refractivity contribution in [2.75, 3.05) is 19.6 Å². The second-order valence-corrected chi connectivity index (χ2v) is 6.00. The highest BCUT2D eigenvalue weighted by Gasteiger charge is 2.18. The van der Waals surface area contributed by atoms with E-state index in [1.165, 1.54) is 43.5 Å². The number of piperidine rings is 1. The van der Waals surface area contributed by atoms with Crippen LogP contribution in [0.1, 0.15) is 49.8 Å². The van der Waals surface area contributed by atoms with Crippen molar-refractivity contribution in [3.05, 3.63) is 35.4 Å². The number of benzene rings is 1. The van der Waals surface area contributed by atoms with Crippen LogP contribution < -0.4 is 5.73 Å². The number of nitrogens with zero attached hydrogens (tertiary/aromatic N) is 1. The van der Waals surface area contributed by atoms with E-state index >= 15 is 0 Å². The highest BCUT2D eigenvalue weighted by Crippen LogP contribution is 2.21. The molecule has 1 saturated heterocycles. The number of likely N-dealkylation sites (tertiary alicyclic amines) is 1. The smallest absolute Gasteiger partial charge is 0.0307 e. The lowest BCUT2D eigenvalue weighted by Crippen LogP contribution is -2.35. The predicted molar refractivity (Wildman–Crippen MR) is 82.2 cm³/mol. The van der Waals surface area contributed by atoms with Crippen LogP contribution in [0.2, 0.25) is 0 Å².